The molecule has 3 rings (SSSR count). The summed E-state index contributed by atoms with van der Waals surface area (Å²) < 4.78 is 11.4. The molecule has 0 spiro atoms. The number of carboxylic acid groups (broad SMARTS) is 1. The average Bonchev–Trinajstić information content (AvgIpc) is 2.74. The molecule has 3 aromatic rings. The maximum atomic E-state index is 12.7. The maximum Gasteiger partial charge on any atom is 0.357 e. The molecule has 0 saturated carbocycles. The zero-order chi connectivity index (χ0) is 21.8. The number of nitrogens with zero attached hydrogens (tertiary/aromatic N) is 2. The molecule has 0 aliphatic rings. The lowest BCUT2D eigenvalue weighted by Crippen LogP contribution is -2.36. The molecule has 2 N–H and O–H groups in total. The minimum Gasteiger partial charge on any atom is -0.497 e. The highest BCUT2D eigenvalue weighted by Crippen LogP contribution is 2.29. The topological polar surface area (TPSA) is 120 Å². The Bertz CT molecular complexity index is 1170. The molecule has 0 fully saturated rings. The van der Waals surface area contributed by atoms with Crippen molar-refractivity contribution in [1.82, 2.24) is 15.1 Å². The number of rotatable bonds is 7. The van der Waals surface area contributed by atoms with Crippen LogP contribution in [-0.4, -0.2) is 41.0 Å². The summed E-state index contributed by atoms with van der Waals surface area (Å²) in [6, 6.07) is 11.0. The van der Waals surface area contributed by atoms with Gasteiger partial charge in [0.1, 0.15) is 18.0 Å². The largest absolute Gasteiger partial charge is 0.497 e. The van der Waals surface area contributed by atoms with Crippen LogP contribution in [0, 0.1) is 0 Å². The summed E-state index contributed by atoms with van der Waals surface area (Å²) in [7, 11) is 3.05. The van der Waals surface area contributed by atoms with Gasteiger partial charge in [0.15, 0.2) is 5.69 Å². The second kappa shape index (κ2) is 8.64. The van der Waals surface area contributed by atoms with Crippen LogP contribution in [0.3, 0.4) is 0 Å². The van der Waals surface area contributed by atoms with Crippen LogP contribution in [0.5, 0.6) is 11.5 Å². The van der Waals surface area contributed by atoms with E-state index in [4.69, 9.17) is 9.47 Å². The number of methoxy groups -OCH3 is 2. The second-order valence-corrected chi connectivity index (χ2v) is 6.56. The van der Waals surface area contributed by atoms with Crippen molar-refractivity contribution in [2.45, 2.75) is 19.5 Å². The quantitative estimate of drug-likeness (QED) is 0.610. The molecular formula is C21H21N3O6. The number of nitrogens with one attached hydrogen (secondary N) is 1. The van der Waals surface area contributed by atoms with E-state index >= 15 is 0 Å². The van der Waals surface area contributed by atoms with Gasteiger partial charge in [-0.1, -0.05) is 18.2 Å². The van der Waals surface area contributed by atoms with Crippen molar-refractivity contribution in [3.05, 3.63) is 64.1 Å². The third kappa shape index (κ3) is 4.09. The van der Waals surface area contributed by atoms with Crippen LogP contribution in [0.25, 0.3) is 10.8 Å². The standard InChI is InChI=1S/C21H21N3O6/c1-12(16-10-13(29-2)8-9-17(16)30-3)22-18(25)11-24-20(26)15-7-5-4-6-14(15)19(23-24)21(27)28/h4-10,12H,11H2,1-3H3,(H,22,25)(H,27,28). The fraction of sp³-hybridized carbons (Fsp3) is 0.238. The Hall–Kier alpha value is -3.88. The fourth-order valence-corrected chi connectivity index (χ4v) is 3.18. The number of carbonyl (C=O) groups excluding carboxylic acids is 1. The molecule has 1 unspecified atom stereocenters. The molecule has 1 amide bonds. The van der Waals surface area contributed by atoms with Crippen molar-refractivity contribution in [2.24, 2.45) is 0 Å². The van der Waals surface area contributed by atoms with E-state index in [0.29, 0.717) is 17.1 Å². The normalized spacial score (nSPS) is 11.7. The van der Waals surface area contributed by atoms with E-state index in [9.17, 15) is 19.5 Å². The van der Waals surface area contributed by atoms with Crippen LogP contribution in [0.15, 0.2) is 47.3 Å². The van der Waals surface area contributed by atoms with Gasteiger partial charge in [0, 0.05) is 10.9 Å². The number of amides is 1. The van der Waals surface area contributed by atoms with Crippen LogP contribution in [0.4, 0.5) is 0 Å². The summed E-state index contributed by atoms with van der Waals surface area (Å²) in [6.07, 6.45) is 0. The summed E-state index contributed by atoms with van der Waals surface area (Å²) in [6.45, 7) is 1.33. The highest BCUT2D eigenvalue weighted by molar-refractivity contribution is 6.01. The molecule has 1 aromatic heterocycles. The first-order valence-corrected chi connectivity index (χ1v) is 9.10. The minimum atomic E-state index is -1.28. The van der Waals surface area contributed by atoms with E-state index < -0.39 is 30.0 Å². The molecule has 156 valence electrons. The van der Waals surface area contributed by atoms with Crippen LogP contribution < -0.4 is 20.3 Å². The Morgan fingerprint density at radius 1 is 1.13 bits per heavy atom. The first kappa shape index (κ1) is 20.8. The molecule has 9 heteroatoms. The Balaban J connectivity index is 1.88. The van der Waals surface area contributed by atoms with E-state index in [0.717, 1.165) is 4.68 Å². The third-order valence-corrected chi connectivity index (χ3v) is 4.64. The SMILES string of the molecule is COc1ccc(OC)c(C(C)NC(=O)Cn2nc(C(=O)O)c3ccccc3c2=O)c1. The number of carbonyl (C=O) groups is 2. The molecule has 2 aromatic carbocycles. The molecule has 30 heavy (non-hydrogen) atoms. The molecular weight excluding hydrogens is 390 g/mol. The number of hydrogen-bond donors (Lipinski definition) is 2. The van der Waals surface area contributed by atoms with Crippen molar-refractivity contribution in [2.75, 3.05) is 14.2 Å². The van der Waals surface area contributed by atoms with Crippen molar-refractivity contribution >= 4 is 22.6 Å². The zero-order valence-corrected chi connectivity index (χ0v) is 16.7. The number of ether oxygens (including phenoxy) is 2. The predicted octanol–water partition coefficient (Wildman–Crippen LogP) is 1.99. The van der Waals surface area contributed by atoms with Crippen LogP contribution in [0.2, 0.25) is 0 Å². The summed E-state index contributed by atoms with van der Waals surface area (Å²) in [5, 5.41) is 16.5. The molecule has 0 aliphatic heterocycles. The minimum absolute atomic E-state index is 0.181. The summed E-state index contributed by atoms with van der Waals surface area (Å²) in [5.41, 5.74) is -0.145. The Morgan fingerprint density at radius 3 is 2.47 bits per heavy atom. The summed E-state index contributed by atoms with van der Waals surface area (Å²) >= 11 is 0. The zero-order valence-electron chi connectivity index (χ0n) is 16.7. The number of benzene rings is 2. The maximum absolute atomic E-state index is 12.7. The van der Waals surface area contributed by atoms with Gasteiger partial charge in [-0.25, -0.2) is 9.48 Å². The van der Waals surface area contributed by atoms with E-state index in [1.165, 1.54) is 26.4 Å². The van der Waals surface area contributed by atoms with Crippen molar-refractivity contribution in [3.8, 4) is 11.5 Å². The molecule has 0 radical (unpaired) electrons. The number of hydrogen-bond acceptors (Lipinski definition) is 6. The Morgan fingerprint density at radius 2 is 1.83 bits per heavy atom. The smallest absolute Gasteiger partial charge is 0.357 e. The lowest BCUT2D eigenvalue weighted by molar-refractivity contribution is -0.122. The first-order valence-electron chi connectivity index (χ1n) is 9.10. The molecule has 9 nitrogen and oxygen atoms in total. The molecule has 0 aliphatic carbocycles. The van der Waals surface area contributed by atoms with Crippen molar-refractivity contribution in [1.29, 1.82) is 0 Å². The van der Waals surface area contributed by atoms with Gasteiger partial charge >= 0.3 is 5.97 Å². The summed E-state index contributed by atoms with van der Waals surface area (Å²) in [5.74, 6) is -0.619. The van der Waals surface area contributed by atoms with Gasteiger partial charge in [0.2, 0.25) is 5.91 Å². The molecule has 0 bridgehead atoms. The highest BCUT2D eigenvalue weighted by Gasteiger charge is 2.19. The number of aromatic carboxylic acids is 1. The monoisotopic (exact) mass is 411 g/mol. The first-order chi connectivity index (χ1) is 14.3. The van der Waals surface area contributed by atoms with E-state index in [1.54, 1.807) is 37.3 Å². The molecule has 1 heterocycles. The number of carboxylic acids is 1. The van der Waals surface area contributed by atoms with E-state index in [2.05, 4.69) is 10.4 Å². The lowest BCUT2D eigenvalue weighted by Gasteiger charge is -2.18. The van der Waals surface area contributed by atoms with Gasteiger partial charge in [-0.3, -0.25) is 9.59 Å². The number of fused-ring (bicyclic) bond motifs is 1. The predicted molar refractivity (Wildman–Crippen MR) is 109 cm³/mol. The highest BCUT2D eigenvalue weighted by atomic mass is 16.5. The van der Waals surface area contributed by atoms with Crippen LogP contribution in [-0.2, 0) is 11.3 Å². The second-order valence-electron chi connectivity index (χ2n) is 6.56. The van der Waals surface area contributed by atoms with E-state index in [1.807, 2.05) is 0 Å². The van der Waals surface area contributed by atoms with Crippen LogP contribution in [0.1, 0.15) is 29.0 Å². The average molecular weight is 411 g/mol. The van der Waals surface area contributed by atoms with Gasteiger partial charge in [-0.2, -0.15) is 5.10 Å². The summed E-state index contributed by atoms with van der Waals surface area (Å²) in [4.78, 5) is 36.8. The molecule has 0 saturated heterocycles. The molecule has 1 atom stereocenters. The fourth-order valence-electron chi connectivity index (χ4n) is 3.18. The van der Waals surface area contributed by atoms with Gasteiger partial charge in [-0.15, -0.1) is 0 Å². The van der Waals surface area contributed by atoms with Gasteiger partial charge in [0.25, 0.3) is 5.56 Å². The van der Waals surface area contributed by atoms with Crippen LogP contribution >= 0.6 is 0 Å². The third-order valence-electron chi connectivity index (χ3n) is 4.64. The van der Waals surface area contributed by atoms with Crippen molar-refractivity contribution in [3.63, 3.8) is 0 Å². The van der Waals surface area contributed by atoms with Gasteiger partial charge in [0.05, 0.1) is 25.6 Å². The van der Waals surface area contributed by atoms with E-state index in [-0.39, 0.29) is 16.5 Å². The van der Waals surface area contributed by atoms with Gasteiger partial charge < -0.3 is 19.9 Å². The Kier molecular flexibility index (Phi) is 6.01. The van der Waals surface area contributed by atoms with Gasteiger partial charge in [-0.05, 0) is 31.2 Å². The Labute approximate surface area is 171 Å². The lowest BCUT2D eigenvalue weighted by atomic mass is 10.1. The number of aromatic nitrogens is 2. The van der Waals surface area contributed by atoms with Crippen molar-refractivity contribution < 1.29 is 24.2 Å².